The molecule has 2 aromatic rings. The number of esters is 1. The third-order valence-corrected chi connectivity index (χ3v) is 3.67. The maximum Gasteiger partial charge on any atom is 0.339 e. The van der Waals surface area contributed by atoms with E-state index < -0.39 is 23.8 Å². The molecule has 3 rings (SSSR count). The van der Waals surface area contributed by atoms with Gasteiger partial charge in [-0.15, -0.1) is 0 Å². The fourth-order valence-corrected chi connectivity index (χ4v) is 2.54. The SMILES string of the molecule is COC(=O)c1ccccc1N1C(=O)c2ccc(C(=O)[O-])cc2C1=O. The number of rotatable bonds is 3. The van der Waals surface area contributed by atoms with E-state index in [9.17, 15) is 24.3 Å². The largest absolute Gasteiger partial charge is 0.545 e. The number of aromatic carboxylic acids is 1. The topological polar surface area (TPSA) is 104 Å². The van der Waals surface area contributed by atoms with Crippen LogP contribution < -0.4 is 10.0 Å². The molecule has 120 valence electrons. The lowest BCUT2D eigenvalue weighted by atomic mass is 10.1. The van der Waals surface area contributed by atoms with Crippen molar-refractivity contribution in [1.29, 1.82) is 0 Å². The quantitative estimate of drug-likeness (QED) is 0.606. The number of benzene rings is 2. The Bertz CT molecular complexity index is 902. The summed E-state index contributed by atoms with van der Waals surface area (Å²) in [5, 5.41) is 10.9. The molecule has 0 aliphatic carbocycles. The Morgan fingerprint density at radius 2 is 1.67 bits per heavy atom. The molecule has 0 radical (unpaired) electrons. The van der Waals surface area contributed by atoms with Crippen LogP contribution in [0.15, 0.2) is 42.5 Å². The molecule has 0 saturated heterocycles. The fraction of sp³-hybridized carbons (Fsp3) is 0.0588. The van der Waals surface area contributed by atoms with Gasteiger partial charge in [0.15, 0.2) is 0 Å². The smallest absolute Gasteiger partial charge is 0.339 e. The van der Waals surface area contributed by atoms with Gasteiger partial charge in [0.25, 0.3) is 11.8 Å². The monoisotopic (exact) mass is 324 g/mol. The molecule has 24 heavy (non-hydrogen) atoms. The minimum absolute atomic E-state index is 0.0506. The van der Waals surface area contributed by atoms with E-state index in [4.69, 9.17) is 0 Å². The number of imide groups is 1. The summed E-state index contributed by atoms with van der Waals surface area (Å²) < 4.78 is 4.66. The maximum absolute atomic E-state index is 12.6. The summed E-state index contributed by atoms with van der Waals surface area (Å²) in [6.45, 7) is 0. The highest BCUT2D eigenvalue weighted by molar-refractivity contribution is 6.35. The molecule has 0 unspecified atom stereocenters. The molecule has 2 amide bonds. The summed E-state index contributed by atoms with van der Waals surface area (Å²) in [6, 6.07) is 9.53. The number of anilines is 1. The summed E-state index contributed by atoms with van der Waals surface area (Å²) in [5.41, 5.74) is -0.0794. The second-order valence-electron chi connectivity index (χ2n) is 5.00. The van der Waals surface area contributed by atoms with Crippen molar-refractivity contribution in [2.45, 2.75) is 0 Å². The van der Waals surface area contributed by atoms with E-state index in [-0.39, 0.29) is 27.9 Å². The molecule has 0 fully saturated rings. The van der Waals surface area contributed by atoms with Gasteiger partial charge in [0.2, 0.25) is 0 Å². The average molecular weight is 324 g/mol. The molecule has 0 aromatic heterocycles. The minimum Gasteiger partial charge on any atom is -0.545 e. The highest BCUT2D eigenvalue weighted by Gasteiger charge is 2.38. The van der Waals surface area contributed by atoms with E-state index in [1.54, 1.807) is 12.1 Å². The molecule has 2 aromatic carbocycles. The van der Waals surface area contributed by atoms with E-state index >= 15 is 0 Å². The standard InChI is InChI=1S/C17H11NO6/c1-24-17(23)11-4-2-3-5-13(11)18-14(19)10-7-6-9(16(21)22)8-12(10)15(18)20/h2-8H,1H3,(H,21,22)/p-1. The lowest BCUT2D eigenvalue weighted by Gasteiger charge is -2.16. The first-order valence-corrected chi connectivity index (χ1v) is 6.87. The summed E-state index contributed by atoms with van der Waals surface area (Å²) >= 11 is 0. The van der Waals surface area contributed by atoms with Crippen molar-refractivity contribution in [3.05, 3.63) is 64.7 Å². The number of para-hydroxylation sites is 1. The number of ether oxygens (including phenoxy) is 1. The number of fused-ring (bicyclic) bond motifs is 1. The van der Waals surface area contributed by atoms with Gasteiger partial charge in [-0.2, -0.15) is 0 Å². The number of carboxylic acids is 1. The van der Waals surface area contributed by atoms with Crippen molar-refractivity contribution >= 4 is 29.4 Å². The molecule has 1 aliphatic rings. The Morgan fingerprint density at radius 3 is 2.33 bits per heavy atom. The van der Waals surface area contributed by atoms with Crippen LogP contribution in [0.3, 0.4) is 0 Å². The Kier molecular flexibility index (Phi) is 3.61. The van der Waals surface area contributed by atoms with E-state index in [0.29, 0.717) is 0 Å². The van der Waals surface area contributed by atoms with E-state index in [1.807, 2.05) is 0 Å². The van der Waals surface area contributed by atoms with Crippen molar-refractivity contribution in [2.24, 2.45) is 0 Å². The Morgan fingerprint density at radius 1 is 1.00 bits per heavy atom. The zero-order valence-electron chi connectivity index (χ0n) is 12.4. The van der Waals surface area contributed by atoms with Crippen LogP contribution in [0.25, 0.3) is 0 Å². The van der Waals surface area contributed by atoms with Crippen LogP contribution in [0.5, 0.6) is 0 Å². The number of carboxylic acid groups (broad SMARTS) is 1. The van der Waals surface area contributed by atoms with E-state index in [2.05, 4.69) is 4.74 Å². The second kappa shape index (κ2) is 5.62. The molecule has 0 saturated carbocycles. The lowest BCUT2D eigenvalue weighted by molar-refractivity contribution is -0.255. The van der Waals surface area contributed by atoms with Gasteiger partial charge >= 0.3 is 5.97 Å². The number of hydrogen-bond donors (Lipinski definition) is 0. The van der Waals surface area contributed by atoms with E-state index in [1.165, 1.54) is 31.4 Å². The first-order chi connectivity index (χ1) is 11.5. The van der Waals surface area contributed by atoms with Gasteiger partial charge in [0.05, 0.1) is 35.5 Å². The van der Waals surface area contributed by atoms with Crippen LogP contribution in [-0.2, 0) is 4.74 Å². The first-order valence-electron chi connectivity index (χ1n) is 6.87. The van der Waals surface area contributed by atoms with Crippen molar-refractivity contribution in [3.8, 4) is 0 Å². The number of carbonyl (C=O) groups is 4. The second-order valence-corrected chi connectivity index (χ2v) is 5.00. The van der Waals surface area contributed by atoms with Crippen molar-refractivity contribution in [1.82, 2.24) is 0 Å². The third kappa shape index (κ3) is 2.23. The van der Waals surface area contributed by atoms with Gasteiger partial charge in [-0.05, 0) is 29.8 Å². The number of methoxy groups -OCH3 is 1. The van der Waals surface area contributed by atoms with Gasteiger partial charge < -0.3 is 14.6 Å². The van der Waals surface area contributed by atoms with Crippen LogP contribution in [0.4, 0.5) is 5.69 Å². The molecule has 7 heteroatoms. The summed E-state index contributed by atoms with van der Waals surface area (Å²) in [6.07, 6.45) is 0. The number of hydrogen-bond acceptors (Lipinski definition) is 6. The first kappa shape index (κ1) is 15.4. The number of amides is 2. The molecule has 1 heterocycles. The van der Waals surface area contributed by atoms with Crippen molar-refractivity contribution in [2.75, 3.05) is 12.0 Å². The van der Waals surface area contributed by atoms with E-state index in [0.717, 1.165) is 11.0 Å². The Labute approximate surface area is 136 Å². The minimum atomic E-state index is -1.45. The van der Waals surface area contributed by atoms with Gasteiger partial charge in [0, 0.05) is 0 Å². The van der Waals surface area contributed by atoms with Crippen LogP contribution in [0.1, 0.15) is 41.4 Å². The highest BCUT2D eigenvalue weighted by Crippen LogP contribution is 2.31. The molecular weight excluding hydrogens is 314 g/mol. The van der Waals surface area contributed by atoms with Crippen LogP contribution in [0, 0.1) is 0 Å². The van der Waals surface area contributed by atoms with Crippen molar-refractivity contribution < 1.29 is 29.0 Å². The molecular formula is C17H10NO6-. The summed E-state index contributed by atoms with van der Waals surface area (Å²) in [5.74, 6) is -3.50. The zero-order valence-corrected chi connectivity index (χ0v) is 12.4. The maximum atomic E-state index is 12.6. The molecule has 0 atom stereocenters. The van der Waals surface area contributed by atoms with Crippen LogP contribution in [0.2, 0.25) is 0 Å². The van der Waals surface area contributed by atoms with Crippen LogP contribution >= 0.6 is 0 Å². The van der Waals surface area contributed by atoms with Crippen LogP contribution in [-0.4, -0.2) is 30.9 Å². The number of carbonyl (C=O) groups excluding carboxylic acids is 4. The zero-order chi connectivity index (χ0) is 17.4. The Hall–Kier alpha value is -3.48. The summed E-state index contributed by atoms with van der Waals surface area (Å²) in [4.78, 5) is 48.8. The van der Waals surface area contributed by atoms with Gasteiger partial charge in [-0.3, -0.25) is 9.59 Å². The normalized spacial score (nSPS) is 13.0. The molecule has 0 bridgehead atoms. The Balaban J connectivity index is 2.13. The highest BCUT2D eigenvalue weighted by atomic mass is 16.5. The van der Waals surface area contributed by atoms with Gasteiger partial charge in [0.1, 0.15) is 0 Å². The average Bonchev–Trinajstić information content (AvgIpc) is 2.84. The van der Waals surface area contributed by atoms with Gasteiger partial charge in [-0.25, -0.2) is 9.69 Å². The molecule has 7 nitrogen and oxygen atoms in total. The predicted molar refractivity (Wildman–Crippen MR) is 79.7 cm³/mol. The fourth-order valence-electron chi connectivity index (χ4n) is 2.54. The summed E-state index contributed by atoms with van der Waals surface area (Å²) in [7, 11) is 1.19. The van der Waals surface area contributed by atoms with Crippen molar-refractivity contribution in [3.63, 3.8) is 0 Å². The van der Waals surface area contributed by atoms with Gasteiger partial charge in [-0.1, -0.05) is 18.2 Å². The number of nitrogens with zero attached hydrogens (tertiary/aromatic N) is 1. The molecule has 1 aliphatic heterocycles. The third-order valence-electron chi connectivity index (χ3n) is 3.67. The predicted octanol–water partition coefficient (Wildman–Crippen LogP) is 0.637. The molecule has 0 N–H and O–H groups in total. The molecule has 0 spiro atoms. The lowest BCUT2D eigenvalue weighted by Crippen LogP contribution is -2.31.